The number of rotatable bonds is 16. The summed E-state index contributed by atoms with van der Waals surface area (Å²) in [4.78, 5) is 13.2. The van der Waals surface area contributed by atoms with Gasteiger partial charge in [0.25, 0.3) is 8.32 Å². The van der Waals surface area contributed by atoms with Crippen molar-refractivity contribution < 1.29 is 14.0 Å². The molecule has 3 aromatic rings. The van der Waals surface area contributed by atoms with Crippen molar-refractivity contribution in [1.29, 1.82) is 0 Å². The molecular formula is C35H49NO3Si. The summed E-state index contributed by atoms with van der Waals surface area (Å²) < 4.78 is 13.7. The normalized spacial score (nSPS) is 13.5. The summed E-state index contributed by atoms with van der Waals surface area (Å²) >= 11 is 0. The second kappa shape index (κ2) is 15.9. The summed E-state index contributed by atoms with van der Waals surface area (Å²) in [6.07, 6.45) is 5.44. The molecule has 2 atom stereocenters. The third-order valence-corrected chi connectivity index (χ3v) is 12.7. The van der Waals surface area contributed by atoms with Gasteiger partial charge >= 0.3 is 0 Å². The molecule has 3 aromatic carbocycles. The van der Waals surface area contributed by atoms with Gasteiger partial charge in [-0.3, -0.25) is 4.79 Å². The third-order valence-electron chi connectivity index (χ3n) is 7.66. The third kappa shape index (κ3) is 8.63. The van der Waals surface area contributed by atoms with E-state index in [-0.39, 0.29) is 23.1 Å². The topological polar surface area (TPSA) is 47.6 Å². The number of unbranched alkanes of at least 4 members (excludes halogenated alkanes) is 3. The summed E-state index contributed by atoms with van der Waals surface area (Å²) in [5.74, 6) is 0.0777. The molecule has 216 valence electrons. The van der Waals surface area contributed by atoms with Crippen molar-refractivity contribution in [2.75, 3.05) is 6.61 Å². The van der Waals surface area contributed by atoms with Gasteiger partial charge in [-0.1, -0.05) is 145 Å². The Balaban J connectivity index is 1.92. The lowest BCUT2D eigenvalue weighted by atomic mass is 10.1. The van der Waals surface area contributed by atoms with Gasteiger partial charge in [0, 0.05) is 6.42 Å². The molecule has 0 radical (unpaired) electrons. The number of amides is 1. The van der Waals surface area contributed by atoms with E-state index >= 15 is 0 Å². The molecule has 0 saturated heterocycles. The van der Waals surface area contributed by atoms with Crippen LogP contribution in [0.3, 0.4) is 0 Å². The first-order valence-electron chi connectivity index (χ1n) is 15.0. The zero-order valence-electron chi connectivity index (χ0n) is 25.2. The fraction of sp³-hybridized carbons (Fsp3) is 0.457. The van der Waals surface area contributed by atoms with Gasteiger partial charge in [-0.15, -0.1) is 0 Å². The largest absolute Gasteiger partial charge is 0.405 e. The molecular weight excluding hydrogens is 510 g/mol. The molecule has 3 rings (SSSR count). The molecule has 0 aliphatic heterocycles. The first-order valence-corrected chi connectivity index (χ1v) is 16.9. The van der Waals surface area contributed by atoms with Crippen LogP contribution in [0.2, 0.25) is 5.04 Å². The molecule has 4 nitrogen and oxygen atoms in total. The second-order valence-electron chi connectivity index (χ2n) is 11.7. The molecule has 5 heteroatoms. The monoisotopic (exact) mass is 559 g/mol. The van der Waals surface area contributed by atoms with E-state index < -0.39 is 8.32 Å². The minimum Gasteiger partial charge on any atom is -0.405 e. The Kier molecular flexibility index (Phi) is 12.6. The van der Waals surface area contributed by atoms with Gasteiger partial charge in [-0.25, -0.2) is 0 Å². The van der Waals surface area contributed by atoms with Gasteiger partial charge in [0.05, 0.1) is 25.4 Å². The van der Waals surface area contributed by atoms with Crippen LogP contribution < -0.4 is 15.7 Å². The summed E-state index contributed by atoms with van der Waals surface area (Å²) in [5.41, 5.74) is 1.12. The van der Waals surface area contributed by atoms with E-state index in [4.69, 9.17) is 9.16 Å². The first-order chi connectivity index (χ1) is 19.3. The Hall–Kier alpha value is -2.73. The van der Waals surface area contributed by atoms with Crippen LogP contribution in [0.4, 0.5) is 0 Å². The van der Waals surface area contributed by atoms with Crippen molar-refractivity contribution in [1.82, 2.24) is 5.32 Å². The Morgan fingerprint density at radius 3 is 1.85 bits per heavy atom. The highest BCUT2D eigenvalue weighted by Gasteiger charge is 2.50. The van der Waals surface area contributed by atoms with E-state index in [0.29, 0.717) is 19.6 Å². The highest BCUT2D eigenvalue weighted by atomic mass is 28.4. The van der Waals surface area contributed by atoms with Gasteiger partial charge in [-0.2, -0.15) is 0 Å². The second-order valence-corrected chi connectivity index (χ2v) is 16.0. The molecule has 0 saturated carbocycles. The van der Waals surface area contributed by atoms with Crippen LogP contribution in [-0.2, 0) is 20.6 Å². The van der Waals surface area contributed by atoms with Gasteiger partial charge < -0.3 is 14.5 Å². The number of carbonyl (C=O) groups excluding carboxylic acids is 1. The van der Waals surface area contributed by atoms with E-state index in [0.717, 1.165) is 37.7 Å². The number of hydrogen-bond acceptors (Lipinski definition) is 3. The van der Waals surface area contributed by atoms with Crippen LogP contribution in [0.5, 0.6) is 0 Å². The molecule has 0 aromatic heterocycles. The van der Waals surface area contributed by atoms with Crippen LogP contribution in [-0.4, -0.2) is 33.0 Å². The SMILES string of the molecule is CCCCCC[12C](=O)N[C@@H](CO[Si](c1ccccc1)(c1ccccc1)C(C)(C)C)[C@H](CC)OCc1ccccc1. The lowest BCUT2D eigenvalue weighted by Crippen LogP contribution is -2.67. The predicted molar refractivity (Wildman–Crippen MR) is 170 cm³/mol. The highest BCUT2D eigenvalue weighted by molar-refractivity contribution is 6.99. The van der Waals surface area contributed by atoms with Crippen molar-refractivity contribution in [3.63, 3.8) is 0 Å². The number of hydrogen-bond donors (Lipinski definition) is 1. The summed E-state index contributed by atoms with van der Waals surface area (Å²) in [6, 6.07) is 31.3. The van der Waals surface area contributed by atoms with E-state index in [1.54, 1.807) is 0 Å². The van der Waals surface area contributed by atoms with Gasteiger partial charge in [0.15, 0.2) is 0 Å². The van der Waals surface area contributed by atoms with E-state index in [1.165, 1.54) is 10.4 Å². The predicted octanol–water partition coefficient (Wildman–Crippen LogP) is 7.01. The molecule has 0 heterocycles. The van der Waals surface area contributed by atoms with Crippen molar-refractivity contribution >= 4 is 24.6 Å². The molecule has 0 aliphatic rings. The molecule has 0 aliphatic carbocycles. The standard InChI is InChI=1S/C35H49NO3Si/c1-6-8-9-19-26-34(37)36-32(33(7-2)38-27-29-20-13-10-14-21-29)28-39-40(35(3,4)5,30-22-15-11-16-23-30)31-24-17-12-18-25-31/h10-18,20-25,32-33H,6-9,19,26-28H2,1-5H3,(H,36,37)/t32-,33-/m0/s1/i34+0. The average Bonchev–Trinajstić information content (AvgIpc) is 2.96. The summed E-state index contributed by atoms with van der Waals surface area (Å²) in [6.45, 7) is 12.0. The molecule has 0 fully saturated rings. The van der Waals surface area contributed by atoms with E-state index in [1.807, 2.05) is 18.2 Å². The molecule has 0 spiro atoms. The highest BCUT2D eigenvalue weighted by Crippen LogP contribution is 2.37. The van der Waals surface area contributed by atoms with Gasteiger partial charge in [-0.05, 0) is 33.8 Å². The summed E-state index contributed by atoms with van der Waals surface area (Å²) in [5, 5.41) is 5.67. The molecule has 1 amide bonds. The van der Waals surface area contributed by atoms with Gasteiger partial charge in [0.1, 0.15) is 0 Å². The number of benzene rings is 3. The average molecular weight is 560 g/mol. The fourth-order valence-corrected chi connectivity index (χ4v) is 10.1. The molecule has 1 N–H and O–H groups in total. The molecule has 0 bridgehead atoms. The maximum absolute atomic E-state index is 13.2. The van der Waals surface area contributed by atoms with Crippen molar-refractivity contribution in [3.8, 4) is 0 Å². The molecule has 0 unspecified atom stereocenters. The zero-order chi connectivity index (χ0) is 28.8. The molecule has 40 heavy (non-hydrogen) atoms. The smallest absolute Gasteiger partial charge is 0.261 e. The van der Waals surface area contributed by atoms with E-state index in [9.17, 15) is 4.79 Å². The number of ether oxygens (including phenoxy) is 1. The number of carbonyl (C=O) groups is 1. The van der Waals surface area contributed by atoms with Crippen LogP contribution in [0.15, 0.2) is 91.0 Å². The maximum Gasteiger partial charge on any atom is 0.261 e. The van der Waals surface area contributed by atoms with Crippen LogP contribution in [0.1, 0.15) is 78.7 Å². The minimum absolute atomic E-state index is 0.0777. The van der Waals surface area contributed by atoms with Crippen LogP contribution >= 0.6 is 0 Å². The Labute approximate surface area is 243 Å². The Bertz CT molecular complexity index is 1080. The minimum atomic E-state index is -2.75. The zero-order valence-corrected chi connectivity index (χ0v) is 26.2. The fourth-order valence-electron chi connectivity index (χ4n) is 5.51. The lowest BCUT2D eigenvalue weighted by molar-refractivity contribution is -0.123. The van der Waals surface area contributed by atoms with Crippen LogP contribution in [0, 0.1) is 0 Å². The van der Waals surface area contributed by atoms with Crippen LogP contribution in [0.25, 0.3) is 0 Å². The van der Waals surface area contributed by atoms with E-state index in [2.05, 4.69) is 113 Å². The quantitative estimate of drug-likeness (QED) is 0.152. The maximum atomic E-state index is 13.2. The van der Waals surface area contributed by atoms with Crippen molar-refractivity contribution in [2.45, 2.75) is 96.9 Å². The number of nitrogens with one attached hydrogen (secondary N) is 1. The summed E-state index contributed by atoms with van der Waals surface area (Å²) in [7, 11) is -2.75. The van der Waals surface area contributed by atoms with Crippen molar-refractivity contribution in [2.24, 2.45) is 0 Å². The Morgan fingerprint density at radius 2 is 1.35 bits per heavy atom. The lowest BCUT2D eigenvalue weighted by Gasteiger charge is -2.44. The van der Waals surface area contributed by atoms with Gasteiger partial charge in [0.2, 0.25) is 5.91 Å². The Morgan fingerprint density at radius 1 is 0.800 bits per heavy atom. The van der Waals surface area contributed by atoms with Crippen molar-refractivity contribution in [3.05, 3.63) is 96.6 Å². The first kappa shape index (κ1) is 31.8.